The van der Waals surface area contributed by atoms with Gasteiger partial charge in [0.25, 0.3) is 0 Å². The van der Waals surface area contributed by atoms with Gasteiger partial charge in [-0.3, -0.25) is 0 Å². The summed E-state index contributed by atoms with van der Waals surface area (Å²) in [5, 5.41) is 0. The fourth-order valence-corrected chi connectivity index (χ4v) is 3.77. The van der Waals surface area contributed by atoms with Crippen LogP contribution in [0.15, 0.2) is 30.3 Å². The second-order valence-corrected chi connectivity index (χ2v) is 7.21. The molecule has 1 aromatic carbocycles. The standard InChI is InChI=1S/C20H32O/c1-4-5-6-10-13-18-19(20(18,2)3)14-15-21-16-17-11-8-7-9-12-17/h7-9,11-12,18-19H,4-6,10,13-16H2,1-3H3. The fourth-order valence-electron chi connectivity index (χ4n) is 3.77. The van der Waals surface area contributed by atoms with Crippen molar-refractivity contribution in [2.24, 2.45) is 17.3 Å². The Morgan fingerprint density at radius 3 is 2.38 bits per heavy atom. The summed E-state index contributed by atoms with van der Waals surface area (Å²) in [6.07, 6.45) is 8.24. The molecule has 118 valence electrons. The third-order valence-electron chi connectivity index (χ3n) is 5.34. The lowest BCUT2D eigenvalue weighted by molar-refractivity contribution is 0.112. The topological polar surface area (TPSA) is 9.23 Å². The molecule has 0 N–H and O–H groups in total. The van der Waals surface area contributed by atoms with Gasteiger partial charge >= 0.3 is 0 Å². The zero-order valence-electron chi connectivity index (χ0n) is 14.1. The Morgan fingerprint density at radius 2 is 1.67 bits per heavy atom. The van der Waals surface area contributed by atoms with Gasteiger partial charge in [-0.1, -0.05) is 76.8 Å². The lowest BCUT2D eigenvalue weighted by Crippen LogP contribution is -1.99. The van der Waals surface area contributed by atoms with Gasteiger partial charge in [-0.2, -0.15) is 0 Å². The number of hydrogen-bond donors (Lipinski definition) is 0. The maximum Gasteiger partial charge on any atom is 0.0716 e. The summed E-state index contributed by atoms with van der Waals surface area (Å²) in [4.78, 5) is 0. The van der Waals surface area contributed by atoms with Gasteiger partial charge < -0.3 is 4.74 Å². The normalized spacial score (nSPS) is 23.2. The molecule has 0 aromatic heterocycles. The van der Waals surface area contributed by atoms with Crippen molar-refractivity contribution in [3.8, 4) is 0 Å². The first-order valence-corrected chi connectivity index (χ1v) is 8.78. The molecule has 0 radical (unpaired) electrons. The molecule has 21 heavy (non-hydrogen) atoms. The van der Waals surface area contributed by atoms with Gasteiger partial charge in [0, 0.05) is 6.61 Å². The predicted octanol–water partition coefficient (Wildman–Crippen LogP) is 5.84. The molecule has 0 aliphatic heterocycles. The third kappa shape index (κ3) is 4.85. The minimum Gasteiger partial charge on any atom is -0.377 e. The van der Waals surface area contributed by atoms with E-state index in [0.29, 0.717) is 5.41 Å². The highest BCUT2D eigenvalue weighted by Gasteiger charge is 2.55. The highest BCUT2D eigenvalue weighted by molar-refractivity contribution is 5.13. The molecule has 2 atom stereocenters. The summed E-state index contributed by atoms with van der Waals surface area (Å²) >= 11 is 0. The molecule has 1 aliphatic carbocycles. The zero-order valence-corrected chi connectivity index (χ0v) is 14.1. The van der Waals surface area contributed by atoms with E-state index in [4.69, 9.17) is 4.74 Å². The minimum atomic E-state index is 0.558. The van der Waals surface area contributed by atoms with Crippen LogP contribution in [0.2, 0.25) is 0 Å². The second kappa shape index (κ2) is 7.98. The van der Waals surface area contributed by atoms with Crippen LogP contribution in [0.4, 0.5) is 0 Å². The zero-order chi connectivity index (χ0) is 15.1. The van der Waals surface area contributed by atoms with Gasteiger partial charge in [0.05, 0.1) is 6.61 Å². The van der Waals surface area contributed by atoms with Gasteiger partial charge in [0.15, 0.2) is 0 Å². The smallest absolute Gasteiger partial charge is 0.0716 e. The second-order valence-electron chi connectivity index (χ2n) is 7.21. The summed E-state index contributed by atoms with van der Waals surface area (Å²) in [5.74, 6) is 1.82. The largest absolute Gasteiger partial charge is 0.377 e. The Morgan fingerprint density at radius 1 is 0.952 bits per heavy atom. The molecule has 1 nitrogen and oxygen atoms in total. The Balaban J connectivity index is 1.60. The summed E-state index contributed by atoms with van der Waals surface area (Å²) < 4.78 is 5.86. The van der Waals surface area contributed by atoms with Crippen LogP contribution in [-0.2, 0) is 11.3 Å². The van der Waals surface area contributed by atoms with E-state index in [1.807, 2.05) is 0 Å². The van der Waals surface area contributed by atoms with E-state index in [-0.39, 0.29) is 0 Å². The molecule has 0 amide bonds. The van der Waals surface area contributed by atoms with Crippen molar-refractivity contribution in [3.63, 3.8) is 0 Å². The van der Waals surface area contributed by atoms with Crippen LogP contribution in [0.3, 0.4) is 0 Å². The first kappa shape index (κ1) is 16.5. The van der Waals surface area contributed by atoms with E-state index >= 15 is 0 Å². The number of hydrogen-bond acceptors (Lipinski definition) is 1. The van der Waals surface area contributed by atoms with Gasteiger partial charge in [-0.05, 0) is 35.7 Å². The lowest BCUT2D eigenvalue weighted by Gasteiger charge is -2.05. The number of unbranched alkanes of at least 4 members (excludes halogenated alkanes) is 3. The number of benzene rings is 1. The Labute approximate surface area is 131 Å². The monoisotopic (exact) mass is 288 g/mol. The van der Waals surface area contributed by atoms with Gasteiger partial charge in [0.2, 0.25) is 0 Å². The van der Waals surface area contributed by atoms with E-state index in [9.17, 15) is 0 Å². The highest BCUT2D eigenvalue weighted by atomic mass is 16.5. The Hall–Kier alpha value is -0.820. The quantitative estimate of drug-likeness (QED) is 0.492. The van der Waals surface area contributed by atoms with E-state index in [2.05, 4.69) is 51.1 Å². The average molecular weight is 288 g/mol. The van der Waals surface area contributed by atoms with Crippen molar-refractivity contribution in [2.45, 2.75) is 65.9 Å². The predicted molar refractivity (Wildman–Crippen MR) is 90.2 cm³/mol. The summed E-state index contributed by atoms with van der Waals surface area (Å²) in [6, 6.07) is 10.5. The summed E-state index contributed by atoms with van der Waals surface area (Å²) in [7, 11) is 0. The van der Waals surface area contributed by atoms with Crippen molar-refractivity contribution in [1.29, 1.82) is 0 Å². The summed E-state index contributed by atoms with van der Waals surface area (Å²) in [5.41, 5.74) is 1.84. The van der Waals surface area contributed by atoms with Crippen molar-refractivity contribution in [3.05, 3.63) is 35.9 Å². The van der Waals surface area contributed by atoms with E-state index < -0.39 is 0 Å². The minimum absolute atomic E-state index is 0.558. The summed E-state index contributed by atoms with van der Waals surface area (Å²) in [6.45, 7) is 8.84. The van der Waals surface area contributed by atoms with Crippen LogP contribution < -0.4 is 0 Å². The van der Waals surface area contributed by atoms with Crippen molar-refractivity contribution >= 4 is 0 Å². The van der Waals surface area contributed by atoms with Crippen LogP contribution >= 0.6 is 0 Å². The molecule has 2 unspecified atom stereocenters. The van der Waals surface area contributed by atoms with Crippen LogP contribution in [0, 0.1) is 17.3 Å². The highest BCUT2D eigenvalue weighted by Crippen LogP contribution is 2.62. The van der Waals surface area contributed by atoms with E-state index in [1.165, 1.54) is 44.1 Å². The Kier molecular flexibility index (Phi) is 6.29. The number of rotatable bonds is 10. The van der Waals surface area contributed by atoms with E-state index in [0.717, 1.165) is 25.0 Å². The molecule has 1 heteroatoms. The SMILES string of the molecule is CCCCCCC1C(CCOCc2ccccc2)C1(C)C. The Bertz CT molecular complexity index is 396. The third-order valence-corrected chi connectivity index (χ3v) is 5.34. The first-order chi connectivity index (χ1) is 10.2. The van der Waals surface area contributed by atoms with Crippen LogP contribution in [0.25, 0.3) is 0 Å². The molecule has 1 saturated carbocycles. The molecule has 1 fully saturated rings. The van der Waals surface area contributed by atoms with Gasteiger partial charge in [0.1, 0.15) is 0 Å². The lowest BCUT2D eigenvalue weighted by atomic mass is 10.0. The van der Waals surface area contributed by atoms with Crippen LogP contribution in [-0.4, -0.2) is 6.61 Å². The molecular weight excluding hydrogens is 256 g/mol. The molecule has 1 aliphatic rings. The van der Waals surface area contributed by atoms with Crippen LogP contribution in [0.1, 0.15) is 64.9 Å². The number of ether oxygens (including phenoxy) is 1. The molecule has 0 saturated heterocycles. The van der Waals surface area contributed by atoms with Gasteiger partial charge in [-0.15, -0.1) is 0 Å². The molecular formula is C20H32O. The fraction of sp³-hybridized carbons (Fsp3) is 0.700. The molecule has 0 bridgehead atoms. The molecule has 2 rings (SSSR count). The molecule has 0 spiro atoms. The average Bonchev–Trinajstić information content (AvgIpc) is 3.01. The maximum absolute atomic E-state index is 5.86. The molecule has 1 aromatic rings. The van der Waals surface area contributed by atoms with Crippen LogP contribution in [0.5, 0.6) is 0 Å². The first-order valence-electron chi connectivity index (χ1n) is 8.78. The van der Waals surface area contributed by atoms with E-state index in [1.54, 1.807) is 0 Å². The van der Waals surface area contributed by atoms with Crippen molar-refractivity contribution < 1.29 is 4.74 Å². The molecule has 0 heterocycles. The van der Waals surface area contributed by atoms with Crippen molar-refractivity contribution in [1.82, 2.24) is 0 Å². The van der Waals surface area contributed by atoms with Gasteiger partial charge in [-0.25, -0.2) is 0 Å². The maximum atomic E-state index is 5.86. The van der Waals surface area contributed by atoms with Crippen molar-refractivity contribution in [2.75, 3.05) is 6.61 Å².